The van der Waals surface area contributed by atoms with Gasteiger partial charge in [-0.2, -0.15) is 0 Å². The third-order valence-electron chi connectivity index (χ3n) is 2.24. The normalized spacial score (nSPS) is 10.3. The average molecular weight is 238 g/mol. The van der Waals surface area contributed by atoms with E-state index in [1.165, 1.54) is 10.8 Å². The fraction of sp³-hybridized carbons (Fsp3) is 0.0909. The van der Waals surface area contributed by atoms with Gasteiger partial charge >= 0.3 is 6.09 Å². The topological polar surface area (TPSA) is 48.3 Å². The summed E-state index contributed by atoms with van der Waals surface area (Å²) in [5.41, 5.74) is 1.07. The Hall–Kier alpha value is -1.81. The van der Waals surface area contributed by atoms with Gasteiger partial charge in [-0.25, -0.2) is 4.79 Å². The van der Waals surface area contributed by atoms with E-state index in [1.807, 2.05) is 0 Å². The Morgan fingerprint density at radius 2 is 2.19 bits per heavy atom. The van der Waals surface area contributed by atoms with Crippen LogP contribution in [0.25, 0.3) is 10.9 Å². The molecule has 0 saturated heterocycles. The predicted molar refractivity (Wildman–Crippen MR) is 59.9 cm³/mol. The molecular formula is C11H8ClNO3. The van der Waals surface area contributed by atoms with Gasteiger partial charge in [0.1, 0.15) is 0 Å². The molecule has 1 heterocycles. The average Bonchev–Trinajstić information content (AvgIpc) is 2.68. The molecule has 2 rings (SSSR count). The standard InChI is InChI=1S/C11H8ClNO3/c12-7-16-11(15)13-5-8(6-14)9-3-1-2-4-10(9)13/h1-6H,7H2. The molecule has 0 amide bonds. The van der Waals surface area contributed by atoms with Gasteiger partial charge in [0.15, 0.2) is 12.4 Å². The van der Waals surface area contributed by atoms with Gasteiger partial charge < -0.3 is 4.74 Å². The van der Waals surface area contributed by atoms with E-state index >= 15 is 0 Å². The van der Waals surface area contributed by atoms with Crippen LogP contribution < -0.4 is 0 Å². The number of benzene rings is 1. The van der Waals surface area contributed by atoms with Crippen molar-refractivity contribution in [1.29, 1.82) is 0 Å². The van der Waals surface area contributed by atoms with Crippen molar-refractivity contribution in [2.45, 2.75) is 0 Å². The van der Waals surface area contributed by atoms with Crippen molar-refractivity contribution >= 4 is 34.9 Å². The van der Waals surface area contributed by atoms with Gasteiger partial charge in [0.25, 0.3) is 0 Å². The second-order valence-electron chi connectivity index (χ2n) is 3.11. The fourth-order valence-electron chi connectivity index (χ4n) is 1.57. The number of nitrogens with zero attached hydrogens (tertiary/aromatic N) is 1. The van der Waals surface area contributed by atoms with Gasteiger partial charge in [0.2, 0.25) is 0 Å². The van der Waals surface area contributed by atoms with E-state index < -0.39 is 6.09 Å². The number of rotatable bonds is 2. The molecule has 0 N–H and O–H groups in total. The molecule has 0 atom stereocenters. The van der Waals surface area contributed by atoms with Crippen molar-refractivity contribution in [2.24, 2.45) is 0 Å². The first kappa shape index (κ1) is 10.7. The largest absolute Gasteiger partial charge is 0.433 e. The van der Waals surface area contributed by atoms with Gasteiger partial charge in [-0.3, -0.25) is 9.36 Å². The number of hydrogen-bond donors (Lipinski definition) is 0. The molecule has 82 valence electrons. The summed E-state index contributed by atoms with van der Waals surface area (Å²) >= 11 is 5.31. The lowest BCUT2D eigenvalue weighted by atomic mass is 10.2. The molecule has 1 aromatic heterocycles. The second kappa shape index (κ2) is 4.37. The molecule has 0 radical (unpaired) electrons. The van der Waals surface area contributed by atoms with Gasteiger partial charge in [-0.15, -0.1) is 0 Å². The molecular weight excluding hydrogens is 230 g/mol. The smallest absolute Gasteiger partial charge is 0.419 e. The maximum atomic E-state index is 11.5. The van der Waals surface area contributed by atoms with E-state index in [2.05, 4.69) is 4.74 Å². The number of hydrogen-bond acceptors (Lipinski definition) is 3. The van der Waals surface area contributed by atoms with Crippen molar-refractivity contribution in [2.75, 3.05) is 6.07 Å². The summed E-state index contributed by atoms with van der Waals surface area (Å²) in [6, 6.07) is 6.86. The molecule has 16 heavy (non-hydrogen) atoms. The van der Waals surface area contributed by atoms with Crippen molar-refractivity contribution in [1.82, 2.24) is 4.57 Å². The Kier molecular flexibility index (Phi) is 2.92. The van der Waals surface area contributed by atoms with Gasteiger partial charge in [-0.05, 0) is 6.07 Å². The molecule has 0 fully saturated rings. The molecule has 0 aliphatic heterocycles. The SMILES string of the molecule is O=Cc1cn(C(=O)OCCl)c2ccccc12. The first-order valence-corrected chi connectivity index (χ1v) is 5.09. The molecule has 1 aromatic carbocycles. The number of carbonyl (C=O) groups is 2. The molecule has 5 heteroatoms. The third-order valence-corrected chi connectivity index (χ3v) is 2.35. The number of carbonyl (C=O) groups excluding carboxylic acids is 2. The highest BCUT2D eigenvalue weighted by Gasteiger charge is 2.13. The van der Waals surface area contributed by atoms with Crippen LogP contribution in [0.5, 0.6) is 0 Å². The van der Waals surface area contributed by atoms with E-state index in [1.54, 1.807) is 24.3 Å². The minimum absolute atomic E-state index is 0.220. The van der Waals surface area contributed by atoms with Gasteiger partial charge in [0, 0.05) is 17.1 Å². The van der Waals surface area contributed by atoms with Crippen LogP contribution in [0.3, 0.4) is 0 Å². The van der Waals surface area contributed by atoms with Crippen molar-refractivity contribution in [3.05, 3.63) is 36.0 Å². The van der Waals surface area contributed by atoms with Gasteiger partial charge in [0.05, 0.1) is 5.52 Å². The Bertz CT molecular complexity index is 547. The first-order chi connectivity index (χ1) is 7.77. The van der Waals surface area contributed by atoms with Crippen LogP contribution in [0.1, 0.15) is 10.4 Å². The van der Waals surface area contributed by atoms with Crippen molar-refractivity contribution < 1.29 is 14.3 Å². The second-order valence-corrected chi connectivity index (χ2v) is 3.33. The number of alkyl halides is 1. The van der Waals surface area contributed by atoms with E-state index in [-0.39, 0.29) is 6.07 Å². The lowest BCUT2D eigenvalue weighted by molar-refractivity contribution is 0.112. The Balaban J connectivity index is 2.61. The maximum Gasteiger partial charge on any atom is 0.419 e. The highest BCUT2D eigenvalue weighted by Crippen LogP contribution is 2.20. The lowest BCUT2D eigenvalue weighted by Crippen LogP contribution is -2.11. The van der Waals surface area contributed by atoms with Crippen LogP contribution in [-0.2, 0) is 4.74 Å². The summed E-state index contributed by atoms with van der Waals surface area (Å²) in [4.78, 5) is 22.4. The molecule has 2 aromatic rings. The molecule has 0 spiro atoms. The fourth-order valence-corrected chi connectivity index (χ4v) is 1.66. The summed E-state index contributed by atoms with van der Waals surface area (Å²) in [5, 5.41) is 0.712. The predicted octanol–water partition coefficient (Wildman–Crippen LogP) is 2.63. The highest BCUT2D eigenvalue weighted by molar-refractivity contribution is 6.17. The van der Waals surface area contributed by atoms with Crippen LogP contribution in [0, 0.1) is 0 Å². The Morgan fingerprint density at radius 3 is 2.88 bits per heavy atom. The molecule has 0 bridgehead atoms. The molecule has 0 saturated carbocycles. The van der Waals surface area contributed by atoms with E-state index in [9.17, 15) is 9.59 Å². The van der Waals surface area contributed by atoms with Crippen LogP contribution in [0.2, 0.25) is 0 Å². The molecule has 0 aliphatic carbocycles. The van der Waals surface area contributed by atoms with Gasteiger partial charge in [-0.1, -0.05) is 29.8 Å². The number of ether oxygens (including phenoxy) is 1. The number of halogens is 1. The van der Waals surface area contributed by atoms with Crippen molar-refractivity contribution in [3.8, 4) is 0 Å². The third kappa shape index (κ3) is 1.67. The minimum Gasteiger partial charge on any atom is -0.433 e. The lowest BCUT2D eigenvalue weighted by Gasteiger charge is -2.02. The zero-order valence-corrected chi connectivity index (χ0v) is 8.98. The number of aromatic nitrogens is 1. The summed E-state index contributed by atoms with van der Waals surface area (Å²) in [5.74, 6) is 0. The quantitative estimate of drug-likeness (QED) is 0.596. The first-order valence-electron chi connectivity index (χ1n) is 4.56. The highest BCUT2D eigenvalue weighted by atomic mass is 35.5. The summed E-state index contributed by atoms with van der Waals surface area (Å²) < 4.78 is 5.93. The Labute approximate surface area is 96.4 Å². The van der Waals surface area contributed by atoms with E-state index in [4.69, 9.17) is 11.6 Å². The Morgan fingerprint density at radius 1 is 1.44 bits per heavy atom. The zero-order chi connectivity index (χ0) is 11.5. The van der Waals surface area contributed by atoms with Crippen molar-refractivity contribution in [3.63, 3.8) is 0 Å². The van der Waals surface area contributed by atoms with Crippen LogP contribution in [0.4, 0.5) is 4.79 Å². The monoisotopic (exact) mass is 237 g/mol. The number of fused-ring (bicyclic) bond motifs is 1. The van der Waals surface area contributed by atoms with E-state index in [0.717, 1.165) is 0 Å². The summed E-state index contributed by atoms with van der Waals surface area (Å²) in [6.07, 6.45) is 1.54. The molecule has 0 aliphatic rings. The summed E-state index contributed by atoms with van der Waals surface area (Å²) in [7, 11) is 0. The van der Waals surface area contributed by atoms with Crippen LogP contribution >= 0.6 is 11.6 Å². The maximum absolute atomic E-state index is 11.5. The van der Waals surface area contributed by atoms with E-state index in [0.29, 0.717) is 22.8 Å². The summed E-state index contributed by atoms with van der Waals surface area (Å²) in [6.45, 7) is 0. The number of aldehydes is 1. The minimum atomic E-state index is -0.598. The molecule has 4 nitrogen and oxygen atoms in total. The van der Waals surface area contributed by atoms with Crippen LogP contribution in [-0.4, -0.2) is 23.0 Å². The zero-order valence-electron chi connectivity index (χ0n) is 8.22. The number of para-hydroxylation sites is 1. The molecule has 0 unspecified atom stereocenters. The van der Waals surface area contributed by atoms with Crippen LogP contribution in [0.15, 0.2) is 30.5 Å².